The minimum Gasteiger partial charge on any atom is -0.480 e. The molecule has 0 aliphatic carbocycles. The Morgan fingerprint density at radius 1 is 1.61 bits per heavy atom. The summed E-state index contributed by atoms with van der Waals surface area (Å²) in [6, 6.07) is 0. The van der Waals surface area contributed by atoms with Gasteiger partial charge in [-0.15, -0.1) is 0 Å². The number of nitrogens with zero attached hydrogens (tertiary/aromatic N) is 2. The van der Waals surface area contributed by atoms with Gasteiger partial charge in [0.1, 0.15) is 6.54 Å². The van der Waals surface area contributed by atoms with Gasteiger partial charge in [-0.1, -0.05) is 6.92 Å². The first-order valence-corrected chi connectivity index (χ1v) is 5.82. The summed E-state index contributed by atoms with van der Waals surface area (Å²) in [5.74, 6) is -0.765. The molecule has 2 rings (SSSR count). The van der Waals surface area contributed by atoms with Gasteiger partial charge in [-0.05, 0) is 12.5 Å². The number of hydrogen-bond donors (Lipinski definition) is 3. The molecule has 7 heteroatoms. The van der Waals surface area contributed by atoms with Crippen LogP contribution in [0.3, 0.4) is 0 Å². The van der Waals surface area contributed by atoms with E-state index in [2.05, 4.69) is 15.7 Å². The maximum Gasteiger partial charge on any atom is 0.325 e. The molecule has 2 atom stereocenters. The molecule has 0 unspecified atom stereocenters. The Kier molecular flexibility index (Phi) is 3.61. The van der Waals surface area contributed by atoms with Crippen LogP contribution in [0.15, 0.2) is 12.4 Å². The zero-order valence-electron chi connectivity index (χ0n) is 10.1. The minimum atomic E-state index is -0.968. The van der Waals surface area contributed by atoms with E-state index in [4.69, 9.17) is 5.11 Å². The van der Waals surface area contributed by atoms with Gasteiger partial charge in [0.05, 0.1) is 17.8 Å². The number of rotatable bonds is 4. The quantitative estimate of drug-likeness (QED) is 0.687. The first kappa shape index (κ1) is 12.6. The summed E-state index contributed by atoms with van der Waals surface area (Å²) in [4.78, 5) is 22.4. The van der Waals surface area contributed by atoms with Crippen molar-refractivity contribution < 1.29 is 14.7 Å². The molecule has 1 saturated heterocycles. The van der Waals surface area contributed by atoms with Crippen molar-refractivity contribution in [2.75, 3.05) is 18.4 Å². The van der Waals surface area contributed by atoms with Crippen molar-refractivity contribution >= 4 is 17.6 Å². The number of aliphatic carboxylic acids is 1. The van der Waals surface area contributed by atoms with E-state index in [0.717, 1.165) is 6.54 Å². The van der Waals surface area contributed by atoms with E-state index in [1.54, 1.807) is 0 Å². The molecule has 2 heterocycles. The van der Waals surface area contributed by atoms with Gasteiger partial charge in [-0.2, -0.15) is 5.10 Å². The molecule has 0 radical (unpaired) electrons. The van der Waals surface area contributed by atoms with Crippen LogP contribution in [-0.2, 0) is 16.1 Å². The molecular formula is C11H16N4O3. The van der Waals surface area contributed by atoms with Crippen LogP contribution in [0.5, 0.6) is 0 Å². The predicted molar refractivity (Wildman–Crippen MR) is 64.0 cm³/mol. The Bertz CT molecular complexity index is 457. The lowest BCUT2D eigenvalue weighted by Gasteiger charge is -2.12. The van der Waals surface area contributed by atoms with Crippen LogP contribution in [0.2, 0.25) is 0 Å². The molecule has 1 aromatic heterocycles. The first-order valence-electron chi connectivity index (χ1n) is 5.82. The van der Waals surface area contributed by atoms with E-state index < -0.39 is 5.97 Å². The molecule has 0 aromatic carbocycles. The number of carboxylic acid groups (broad SMARTS) is 1. The van der Waals surface area contributed by atoms with Crippen molar-refractivity contribution in [1.82, 2.24) is 15.1 Å². The van der Waals surface area contributed by atoms with Crippen LogP contribution < -0.4 is 10.6 Å². The maximum absolute atomic E-state index is 12.0. The zero-order chi connectivity index (χ0) is 13.1. The number of anilines is 1. The summed E-state index contributed by atoms with van der Waals surface area (Å²) in [6.07, 6.45) is 2.97. The van der Waals surface area contributed by atoms with Gasteiger partial charge in [0, 0.05) is 12.7 Å². The van der Waals surface area contributed by atoms with E-state index >= 15 is 0 Å². The third-order valence-corrected chi connectivity index (χ3v) is 3.05. The fourth-order valence-electron chi connectivity index (χ4n) is 2.05. The molecular weight excluding hydrogens is 236 g/mol. The summed E-state index contributed by atoms with van der Waals surface area (Å²) in [5.41, 5.74) is 0.528. The van der Waals surface area contributed by atoms with E-state index in [1.807, 2.05) is 6.92 Å². The van der Waals surface area contributed by atoms with Gasteiger partial charge in [0.2, 0.25) is 5.91 Å². The largest absolute Gasteiger partial charge is 0.480 e. The molecule has 1 aromatic rings. The van der Waals surface area contributed by atoms with Gasteiger partial charge >= 0.3 is 5.97 Å². The van der Waals surface area contributed by atoms with Crippen LogP contribution in [0, 0.1) is 11.8 Å². The molecule has 3 N–H and O–H groups in total. The van der Waals surface area contributed by atoms with E-state index in [0.29, 0.717) is 18.2 Å². The molecule has 1 amide bonds. The average Bonchev–Trinajstić information content (AvgIpc) is 2.87. The van der Waals surface area contributed by atoms with Crippen molar-refractivity contribution in [3.63, 3.8) is 0 Å². The number of nitrogens with one attached hydrogen (secondary N) is 2. The molecule has 1 aliphatic rings. The van der Waals surface area contributed by atoms with Crippen molar-refractivity contribution in [2.24, 2.45) is 11.8 Å². The molecule has 98 valence electrons. The first-order chi connectivity index (χ1) is 8.56. The minimum absolute atomic E-state index is 0.0483. The smallest absolute Gasteiger partial charge is 0.325 e. The molecule has 1 fully saturated rings. The highest BCUT2D eigenvalue weighted by atomic mass is 16.4. The van der Waals surface area contributed by atoms with Gasteiger partial charge in [-0.25, -0.2) is 0 Å². The van der Waals surface area contributed by atoms with Crippen LogP contribution in [-0.4, -0.2) is 39.9 Å². The molecule has 7 nitrogen and oxygen atoms in total. The number of carboxylic acids is 1. The van der Waals surface area contributed by atoms with Gasteiger partial charge < -0.3 is 15.7 Å². The molecule has 18 heavy (non-hydrogen) atoms. The predicted octanol–water partition coefficient (Wildman–Crippen LogP) is -0.238. The van der Waals surface area contributed by atoms with Crippen LogP contribution in [0.4, 0.5) is 5.69 Å². The summed E-state index contributed by atoms with van der Waals surface area (Å²) in [5, 5.41) is 18.4. The lowest BCUT2D eigenvalue weighted by atomic mass is 9.97. The van der Waals surface area contributed by atoms with Crippen LogP contribution in [0.25, 0.3) is 0 Å². The van der Waals surface area contributed by atoms with E-state index in [1.165, 1.54) is 17.1 Å². The second kappa shape index (κ2) is 5.18. The summed E-state index contributed by atoms with van der Waals surface area (Å²) >= 11 is 0. The Hall–Kier alpha value is -1.89. The van der Waals surface area contributed by atoms with Crippen molar-refractivity contribution in [3.05, 3.63) is 12.4 Å². The number of aromatic nitrogens is 2. The summed E-state index contributed by atoms with van der Waals surface area (Å²) < 4.78 is 1.27. The van der Waals surface area contributed by atoms with Crippen LogP contribution >= 0.6 is 0 Å². The zero-order valence-corrected chi connectivity index (χ0v) is 10.1. The Balaban J connectivity index is 1.94. The summed E-state index contributed by atoms with van der Waals surface area (Å²) in [7, 11) is 0. The Morgan fingerprint density at radius 3 is 3.00 bits per heavy atom. The number of amides is 1. The van der Waals surface area contributed by atoms with Crippen molar-refractivity contribution in [3.8, 4) is 0 Å². The number of carbonyl (C=O) groups is 2. The third-order valence-electron chi connectivity index (χ3n) is 3.05. The Labute approximate surface area is 104 Å². The van der Waals surface area contributed by atoms with E-state index in [-0.39, 0.29) is 18.4 Å². The summed E-state index contributed by atoms with van der Waals surface area (Å²) in [6.45, 7) is 3.34. The fraction of sp³-hybridized carbons (Fsp3) is 0.545. The van der Waals surface area contributed by atoms with Gasteiger partial charge in [0.15, 0.2) is 0 Å². The lowest BCUT2D eigenvalue weighted by molar-refractivity contribution is -0.137. The van der Waals surface area contributed by atoms with Gasteiger partial charge in [0.25, 0.3) is 0 Å². The molecule has 0 bridgehead atoms. The number of hydrogen-bond acceptors (Lipinski definition) is 4. The van der Waals surface area contributed by atoms with E-state index in [9.17, 15) is 9.59 Å². The normalized spacial score (nSPS) is 22.9. The molecule has 0 saturated carbocycles. The highest BCUT2D eigenvalue weighted by molar-refractivity contribution is 5.92. The highest BCUT2D eigenvalue weighted by Crippen LogP contribution is 2.18. The maximum atomic E-state index is 12.0. The topological polar surface area (TPSA) is 96.3 Å². The SMILES string of the molecule is C[C@@H]1CNC[C@H]1C(=O)Nc1cnn(CC(=O)O)c1. The van der Waals surface area contributed by atoms with Crippen molar-refractivity contribution in [2.45, 2.75) is 13.5 Å². The monoisotopic (exact) mass is 252 g/mol. The Morgan fingerprint density at radius 2 is 2.39 bits per heavy atom. The number of carbonyl (C=O) groups excluding carboxylic acids is 1. The second-order valence-electron chi connectivity index (χ2n) is 4.55. The third kappa shape index (κ3) is 2.86. The second-order valence-corrected chi connectivity index (χ2v) is 4.55. The van der Waals surface area contributed by atoms with Crippen molar-refractivity contribution in [1.29, 1.82) is 0 Å². The highest BCUT2D eigenvalue weighted by Gasteiger charge is 2.29. The fourth-order valence-corrected chi connectivity index (χ4v) is 2.05. The average molecular weight is 252 g/mol. The van der Waals surface area contributed by atoms with Gasteiger partial charge in [-0.3, -0.25) is 14.3 Å². The molecule has 0 spiro atoms. The van der Waals surface area contributed by atoms with Crippen LogP contribution in [0.1, 0.15) is 6.92 Å². The standard InChI is InChI=1S/C11H16N4O3/c1-7-2-12-4-9(7)11(18)14-8-3-13-15(5-8)6-10(16)17/h3,5,7,9,12H,2,4,6H2,1H3,(H,14,18)(H,16,17)/t7-,9-/m1/s1. The molecule has 1 aliphatic heterocycles. The lowest BCUT2D eigenvalue weighted by Crippen LogP contribution is -2.27.